The number of rotatable bonds is 13. The van der Waals surface area contributed by atoms with Gasteiger partial charge in [0.15, 0.2) is 0 Å². The van der Waals surface area contributed by atoms with E-state index >= 15 is 0 Å². The van der Waals surface area contributed by atoms with Crippen LogP contribution in [0.4, 0.5) is 4.79 Å². The first-order valence-electron chi connectivity index (χ1n) is 9.22. The van der Waals surface area contributed by atoms with E-state index in [9.17, 15) is 14.4 Å². The molecule has 0 saturated carbocycles. The predicted octanol–water partition coefficient (Wildman–Crippen LogP) is 0.668. The molecular weight excluding hydrogens is 438 g/mol. The Balaban J connectivity index is 4.74. The van der Waals surface area contributed by atoms with Crippen molar-refractivity contribution >= 4 is 40.3 Å². The molecule has 0 heterocycles. The fourth-order valence-electron chi connectivity index (χ4n) is 2.67. The van der Waals surface area contributed by atoms with Crippen LogP contribution in [0.1, 0.15) is 6.42 Å². The highest BCUT2D eigenvalue weighted by atomic mass is 28.5. The van der Waals surface area contributed by atoms with Crippen molar-refractivity contribution in [1.82, 2.24) is 5.32 Å². The first-order valence-corrected chi connectivity index (χ1v) is 20.3. The minimum absolute atomic E-state index is 0.288. The second kappa shape index (κ2) is 11.3. The van der Waals surface area contributed by atoms with Crippen LogP contribution in [0.2, 0.25) is 51.9 Å². The summed E-state index contributed by atoms with van der Waals surface area (Å²) < 4.78 is 22.8. The summed E-state index contributed by atoms with van der Waals surface area (Å²) in [5.74, 6) is 0. The van der Waals surface area contributed by atoms with Crippen LogP contribution in [0.25, 0.3) is 0 Å². The molecule has 28 heavy (non-hydrogen) atoms. The fraction of sp³-hybridized carbons (Fsp3) is 0.929. The quantitative estimate of drug-likeness (QED) is 0.191. The van der Waals surface area contributed by atoms with Crippen molar-refractivity contribution < 1.29 is 41.7 Å². The molecule has 0 spiro atoms. The Morgan fingerprint density at radius 2 is 1.50 bits per heavy atom. The van der Waals surface area contributed by atoms with Gasteiger partial charge in [0.05, 0.1) is 6.61 Å². The van der Waals surface area contributed by atoms with Crippen molar-refractivity contribution in [3.8, 4) is 0 Å². The predicted molar refractivity (Wildman–Crippen MR) is 114 cm³/mol. The van der Waals surface area contributed by atoms with Crippen molar-refractivity contribution in [3.05, 3.63) is 0 Å². The Labute approximate surface area is 171 Å². The monoisotopic (exact) mass is 475 g/mol. The van der Waals surface area contributed by atoms with Crippen molar-refractivity contribution in [2.45, 2.75) is 64.4 Å². The molecule has 0 saturated heterocycles. The fourth-order valence-corrected chi connectivity index (χ4v) is 18.6. The summed E-state index contributed by atoms with van der Waals surface area (Å²) in [6.07, 6.45) is -1.28. The zero-order valence-corrected chi connectivity index (χ0v) is 21.9. The van der Waals surface area contributed by atoms with Crippen molar-refractivity contribution in [3.63, 3.8) is 0 Å². The molecule has 1 amide bonds. The molecule has 0 aliphatic heterocycles. The van der Waals surface area contributed by atoms with Gasteiger partial charge in [-0.05, 0) is 58.3 Å². The van der Waals surface area contributed by atoms with E-state index in [-0.39, 0.29) is 6.61 Å². The van der Waals surface area contributed by atoms with Gasteiger partial charge >= 0.3 is 40.3 Å². The first-order chi connectivity index (χ1) is 12.5. The SMILES string of the molecule is C[Si](C)(O)O[Si](C)(C)O[Si](C)(CCCNC(=O)OCC(O)CO)O[Si](C)(C)O. The normalized spacial score (nSPS) is 16.4. The highest BCUT2D eigenvalue weighted by molar-refractivity contribution is 6.87. The average Bonchev–Trinajstić information content (AvgIpc) is 2.43. The van der Waals surface area contributed by atoms with E-state index in [1.165, 1.54) is 0 Å². The van der Waals surface area contributed by atoms with E-state index < -0.39 is 53.0 Å². The van der Waals surface area contributed by atoms with Gasteiger partial charge in [-0.3, -0.25) is 0 Å². The van der Waals surface area contributed by atoms with Gasteiger partial charge in [0.2, 0.25) is 0 Å². The third-order valence-electron chi connectivity index (χ3n) is 3.12. The number of alkyl carbamates (subject to hydrolysis) is 1. The lowest BCUT2D eigenvalue weighted by molar-refractivity contribution is 0.0322. The van der Waals surface area contributed by atoms with Crippen LogP contribution in [0.15, 0.2) is 0 Å². The summed E-state index contributed by atoms with van der Waals surface area (Å²) in [5, 5.41) is 20.4. The zero-order valence-electron chi connectivity index (χ0n) is 17.9. The smallest absolute Gasteiger partial charge is 0.407 e. The number of carbonyl (C=O) groups is 1. The molecule has 0 rings (SSSR count). The second-order valence-corrected chi connectivity index (χ2v) is 22.0. The summed E-state index contributed by atoms with van der Waals surface area (Å²) in [6.45, 7) is 11.7. The van der Waals surface area contributed by atoms with E-state index in [4.69, 9.17) is 27.3 Å². The molecule has 0 aliphatic rings. The Morgan fingerprint density at radius 3 is 1.96 bits per heavy atom. The number of amides is 1. The Morgan fingerprint density at radius 1 is 0.964 bits per heavy atom. The number of carbonyl (C=O) groups excluding carboxylic acids is 1. The summed E-state index contributed by atoms with van der Waals surface area (Å²) in [7, 11) is -11.2. The van der Waals surface area contributed by atoms with Gasteiger partial charge in [0.25, 0.3) is 0 Å². The number of hydrogen-bond donors (Lipinski definition) is 5. The summed E-state index contributed by atoms with van der Waals surface area (Å²) in [4.78, 5) is 31.9. The van der Waals surface area contributed by atoms with Crippen LogP contribution in [0.5, 0.6) is 0 Å². The van der Waals surface area contributed by atoms with Crippen molar-refractivity contribution in [2.75, 3.05) is 19.8 Å². The third kappa shape index (κ3) is 14.8. The molecule has 0 aromatic rings. The molecule has 0 radical (unpaired) electrons. The summed E-state index contributed by atoms with van der Waals surface area (Å²) in [5.41, 5.74) is 0. The van der Waals surface area contributed by atoms with E-state index in [1.54, 1.807) is 26.2 Å². The second-order valence-electron chi connectivity index (χ2n) is 8.20. The van der Waals surface area contributed by atoms with E-state index in [0.717, 1.165) is 0 Å². The van der Waals surface area contributed by atoms with Crippen LogP contribution in [-0.4, -0.2) is 86.0 Å². The van der Waals surface area contributed by atoms with Crippen LogP contribution in [0.3, 0.4) is 0 Å². The van der Waals surface area contributed by atoms with Gasteiger partial charge in [-0.1, -0.05) is 0 Å². The van der Waals surface area contributed by atoms with Gasteiger partial charge in [0.1, 0.15) is 12.7 Å². The maximum Gasteiger partial charge on any atom is 0.407 e. The summed E-state index contributed by atoms with van der Waals surface area (Å²) >= 11 is 0. The Kier molecular flexibility index (Phi) is 11.2. The molecule has 0 fully saturated rings. The molecule has 168 valence electrons. The van der Waals surface area contributed by atoms with Crippen LogP contribution < -0.4 is 5.32 Å². The summed E-state index contributed by atoms with van der Waals surface area (Å²) in [6, 6.07) is 0.497. The minimum atomic E-state index is -2.87. The molecule has 10 nitrogen and oxygen atoms in total. The first kappa shape index (κ1) is 27.9. The highest BCUT2D eigenvalue weighted by Gasteiger charge is 2.45. The molecule has 0 aromatic carbocycles. The van der Waals surface area contributed by atoms with Crippen molar-refractivity contribution in [2.24, 2.45) is 0 Å². The van der Waals surface area contributed by atoms with Crippen molar-refractivity contribution in [1.29, 1.82) is 0 Å². The molecule has 5 N–H and O–H groups in total. The lowest BCUT2D eigenvalue weighted by Gasteiger charge is -2.40. The minimum Gasteiger partial charge on any atom is -0.447 e. The average molecular weight is 476 g/mol. The van der Waals surface area contributed by atoms with Gasteiger partial charge in [0, 0.05) is 6.54 Å². The van der Waals surface area contributed by atoms with Crippen LogP contribution >= 0.6 is 0 Å². The molecule has 2 unspecified atom stereocenters. The molecule has 0 bridgehead atoms. The molecule has 0 aromatic heterocycles. The molecular formula is C14H37NO9Si4. The number of nitrogens with one attached hydrogen (secondary N) is 1. The molecule has 2 atom stereocenters. The van der Waals surface area contributed by atoms with Gasteiger partial charge in [-0.25, -0.2) is 4.79 Å². The standard InChI is InChI=1S/C14H37NO9Si4/c1-25(2,19)22-27(5,6)24-28(7,23-26(3,4)20)10-8-9-15-14(18)21-12-13(17)11-16/h13,16-17,19-20H,8-12H2,1-7H3,(H,15,18). The van der Waals surface area contributed by atoms with E-state index in [0.29, 0.717) is 19.0 Å². The van der Waals surface area contributed by atoms with Gasteiger partial charge in [-0.15, -0.1) is 0 Å². The largest absolute Gasteiger partial charge is 0.447 e. The van der Waals surface area contributed by atoms with Gasteiger partial charge < -0.3 is 42.2 Å². The Hall–Kier alpha value is -0.142. The van der Waals surface area contributed by atoms with Gasteiger partial charge in [-0.2, -0.15) is 0 Å². The lowest BCUT2D eigenvalue weighted by Crippen LogP contribution is -2.58. The lowest BCUT2D eigenvalue weighted by atomic mass is 10.4. The third-order valence-corrected chi connectivity index (χ3v) is 15.8. The molecule has 14 heteroatoms. The number of hydrogen-bond acceptors (Lipinski definition) is 9. The Bertz CT molecular complexity index is 484. The van der Waals surface area contributed by atoms with E-state index in [1.807, 2.05) is 19.6 Å². The van der Waals surface area contributed by atoms with Crippen LogP contribution in [-0.2, 0) is 17.1 Å². The van der Waals surface area contributed by atoms with Crippen LogP contribution in [0, 0.1) is 0 Å². The maximum absolute atomic E-state index is 11.6. The van der Waals surface area contributed by atoms with E-state index in [2.05, 4.69) is 5.32 Å². The number of ether oxygens (including phenoxy) is 1. The topological polar surface area (TPSA) is 147 Å². The number of aliphatic hydroxyl groups is 2. The zero-order chi connectivity index (χ0) is 22.2. The number of aliphatic hydroxyl groups excluding tert-OH is 2. The maximum atomic E-state index is 11.6. The highest BCUT2D eigenvalue weighted by Crippen LogP contribution is 2.26. The molecule has 0 aliphatic carbocycles.